The Bertz CT molecular complexity index is 971. The van der Waals surface area contributed by atoms with Gasteiger partial charge in [0.2, 0.25) is 0 Å². The topological polar surface area (TPSA) is 52.5 Å². The number of carbonyl (C=O) groups excluding carboxylic acids is 1. The lowest BCUT2D eigenvalue weighted by Crippen LogP contribution is -2.20. The molecule has 0 spiro atoms. The summed E-state index contributed by atoms with van der Waals surface area (Å²) in [5.74, 6) is 0. The van der Waals surface area contributed by atoms with Gasteiger partial charge in [-0.3, -0.25) is 0 Å². The van der Waals surface area contributed by atoms with E-state index in [9.17, 15) is 4.79 Å². The molecule has 6 nitrogen and oxygen atoms in total. The Kier molecular flexibility index (Phi) is 5.71. The van der Waals surface area contributed by atoms with Crippen LogP contribution in [0, 0.1) is 0 Å². The molecule has 0 bridgehead atoms. The van der Waals surface area contributed by atoms with E-state index in [0.29, 0.717) is 0 Å². The molecule has 2 aromatic carbocycles. The van der Waals surface area contributed by atoms with Crippen molar-refractivity contribution >= 4 is 34.0 Å². The summed E-state index contributed by atoms with van der Waals surface area (Å²) >= 11 is 0. The first-order valence-corrected chi connectivity index (χ1v) is 10.3. The molecule has 6 heteroatoms. The molecular formula is C23H29N5O. The molecule has 29 heavy (non-hydrogen) atoms. The maximum absolute atomic E-state index is 12.4. The first-order valence-electron chi connectivity index (χ1n) is 10.3. The number of anilines is 3. The van der Waals surface area contributed by atoms with E-state index in [4.69, 9.17) is 0 Å². The summed E-state index contributed by atoms with van der Waals surface area (Å²) in [6, 6.07) is 15.9. The van der Waals surface area contributed by atoms with Gasteiger partial charge in [0.1, 0.15) is 0 Å². The average Bonchev–Trinajstić information content (AvgIpc) is 3.37. The number of nitrogens with one attached hydrogen (secondary N) is 2. The Labute approximate surface area is 172 Å². The molecule has 0 aliphatic carbocycles. The second-order valence-electron chi connectivity index (χ2n) is 7.91. The van der Waals surface area contributed by atoms with E-state index in [1.165, 1.54) is 24.0 Å². The zero-order valence-electron chi connectivity index (χ0n) is 17.2. The first kappa shape index (κ1) is 19.3. The van der Waals surface area contributed by atoms with Crippen LogP contribution in [-0.2, 0) is 6.54 Å². The molecule has 1 aromatic heterocycles. The highest BCUT2D eigenvalue weighted by Crippen LogP contribution is 2.23. The van der Waals surface area contributed by atoms with Gasteiger partial charge in [-0.2, -0.15) is 0 Å². The molecule has 1 aliphatic rings. The molecule has 2 amide bonds. The molecular weight excluding hydrogens is 362 g/mol. The van der Waals surface area contributed by atoms with E-state index >= 15 is 0 Å². The van der Waals surface area contributed by atoms with Gasteiger partial charge in [-0.15, -0.1) is 0 Å². The number of aromatic nitrogens is 1. The van der Waals surface area contributed by atoms with Crippen LogP contribution in [0.1, 0.15) is 12.8 Å². The monoisotopic (exact) mass is 391 g/mol. The number of hydrogen-bond acceptors (Lipinski definition) is 3. The Morgan fingerprint density at radius 3 is 2.38 bits per heavy atom. The van der Waals surface area contributed by atoms with Crippen LogP contribution >= 0.6 is 0 Å². The predicted octanol–water partition coefficient (Wildman–Crippen LogP) is 4.45. The molecule has 2 N–H and O–H groups in total. The molecule has 152 valence electrons. The molecule has 1 aliphatic heterocycles. The summed E-state index contributed by atoms with van der Waals surface area (Å²) in [5, 5.41) is 6.97. The fraction of sp³-hybridized carbons (Fsp3) is 0.348. The number of carbonyl (C=O) groups is 1. The quantitative estimate of drug-likeness (QED) is 0.653. The van der Waals surface area contributed by atoms with Crippen molar-refractivity contribution in [2.75, 3.05) is 49.3 Å². The zero-order chi connectivity index (χ0) is 20.2. The van der Waals surface area contributed by atoms with Gasteiger partial charge >= 0.3 is 6.03 Å². The van der Waals surface area contributed by atoms with Crippen LogP contribution in [0.4, 0.5) is 21.9 Å². The van der Waals surface area contributed by atoms with Crippen LogP contribution in [-0.4, -0.2) is 49.2 Å². The minimum Gasteiger partial charge on any atom is -0.372 e. The van der Waals surface area contributed by atoms with Crippen LogP contribution in [0.2, 0.25) is 0 Å². The molecule has 3 aromatic rings. The Hall–Kier alpha value is -2.99. The number of nitrogens with zero attached hydrogens (tertiary/aromatic N) is 3. The van der Waals surface area contributed by atoms with E-state index in [2.05, 4.69) is 69.6 Å². The Balaban J connectivity index is 1.37. The second-order valence-corrected chi connectivity index (χ2v) is 7.91. The lowest BCUT2D eigenvalue weighted by molar-refractivity contribution is 0.262. The van der Waals surface area contributed by atoms with Crippen molar-refractivity contribution in [1.82, 2.24) is 9.47 Å². The summed E-state index contributed by atoms with van der Waals surface area (Å²) in [6.45, 7) is 4.17. The van der Waals surface area contributed by atoms with Crippen molar-refractivity contribution in [3.63, 3.8) is 0 Å². The first-order chi connectivity index (χ1) is 14.1. The van der Waals surface area contributed by atoms with Crippen LogP contribution in [0.15, 0.2) is 54.7 Å². The van der Waals surface area contributed by atoms with Crippen molar-refractivity contribution in [2.45, 2.75) is 19.4 Å². The summed E-state index contributed by atoms with van der Waals surface area (Å²) in [4.78, 5) is 16.9. The Morgan fingerprint density at radius 1 is 0.966 bits per heavy atom. The standard InChI is InChI=1S/C23H29N5O/c1-26(2)15-16-28-14-11-18-17-20(7-10-22(18)28)25-23(29)24-19-5-8-21(9-6-19)27-12-3-4-13-27/h5-11,14,17H,3-4,12-13,15-16H2,1-2H3,(H2,24,25,29). The van der Waals surface area contributed by atoms with Crippen LogP contribution in [0.3, 0.4) is 0 Å². The summed E-state index contributed by atoms with van der Waals surface area (Å²) in [7, 11) is 4.15. The smallest absolute Gasteiger partial charge is 0.323 e. The van der Waals surface area contributed by atoms with Gasteiger partial charge in [-0.05, 0) is 75.5 Å². The SMILES string of the molecule is CN(C)CCn1ccc2cc(NC(=O)Nc3ccc(N4CCCC4)cc3)ccc21. The highest BCUT2D eigenvalue weighted by molar-refractivity contribution is 6.01. The van der Waals surface area contributed by atoms with Gasteiger partial charge < -0.3 is 25.0 Å². The van der Waals surface area contributed by atoms with E-state index in [-0.39, 0.29) is 6.03 Å². The minimum absolute atomic E-state index is 0.231. The van der Waals surface area contributed by atoms with Gasteiger partial charge in [0.15, 0.2) is 0 Å². The number of hydrogen-bond donors (Lipinski definition) is 2. The highest BCUT2D eigenvalue weighted by atomic mass is 16.2. The number of amides is 2. The van der Waals surface area contributed by atoms with E-state index in [1.54, 1.807) is 0 Å². The molecule has 0 unspecified atom stereocenters. The lowest BCUT2D eigenvalue weighted by atomic mass is 10.2. The van der Waals surface area contributed by atoms with Crippen LogP contribution in [0.25, 0.3) is 10.9 Å². The normalized spacial score (nSPS) is 14.0. The van der Waals surface area contributed by atoms with Crippen molar-refractivity contribution in [3.8, 4) is 0 Å². The molecule has 0 atom stereocenters. The number of likely N-dealkylation sites (N-methyl/N-ethyl adjacent to an activating group) is 1. The van der Waals surface area contributed by atoms with Gasteiger partial charge in [0.25, 0.3) is 0 Å². The lowest BCUT2D eigenvalue weighted by Gasteiger charge is -2.17. The van der Waals surface area contributed by atoms with Crippen molar-refractivity contribution in [2.24, 2.45) is 0 Å². The van der Waals surface area contributed by atoms with Gasteiger partial charge in [-0.1, -0.05) is 0 Å². The van der Waals surface area contributed by atoms with E-state index < -0.39 is 0 Å². The third-order valence-corrected chi connectivity index (χ3v) is 5.41. The van der Waals surface area contributed by atoms with Crippen molar-refractivity contribution in [1.29, 1.82) is 0 Å². The number of fused-ring (bicyclic) bond motifs is 1. The summed E-state index contributed by atoms with van der Waals surface area (Å²) in [5.41, 5.74) is 3.98. The molecule has 2 heterocycles. The number of benzene rings is 2. The molecule has 1 saturated heterocycles. The molecule has 0 saturated carbocycles. The van der Waals surface area contributed by atoms with Crippen LogP contribution in [0.5, 0.6) is 0 Å². The zero-order valence-corrected chi connectivity index (χ0v) is 17.2. The largest absolute Gasteiger partial charge is 0.372 e. The maximum atomic E-state index is 12.4. The summed E-state index contributed by atoms with van der Waals surface area (Å²) in [6.07, 6.45) is 4.61. The van der Waals surface area contributed by atoms with E-state index in [0.717, 1.165) is 42.9 Å². The van der Waals surface area contributed by atoms with Gasteiger partial charge in [0, 0.05) is 60.3 Å². The Morgan fingerprint density at radius 2 is 1.66 bits per heavy atom. The minimum atomic E-state index is -0.231. The van der Waals surface area contributed by atoms with Crippen LogP contribution < -0.4 is 15.5 Å². The third kappa shape index (κ3) is 4.71. The fourth-order valence-corrected chi connectivity index (χ4v) is 3.80. The van der Waals surface area contributed by atoms with Gasteiger partial charge in [0.05, 0.1) is 0 Å². The highest BCUT2D eigenvalue weighted by Gasteiger charge is 2.12. The summed E-state index contributed by atoms with van der Waals surface area (Å²) < 4.78 is 2.24. The fourth-order valence-electron chi connectivity index (χ4n) is 3.80. The predicted molar refractivity (Wildman–Crippen MR) is 121 cm³/mol. The second kappa shape index (κ2) is 8.57. The molecule has 0 radical (unpaired) electrons. The van der Waals surface area contributed by atoms with E-state index in [1.807, 2.05) is 24.3 Å². The molecule has 1 fully saturated rings. The van der Waals surface area contributed by atoms with Crippen molar-refractivity contribution < 1.29 is 4.79 Å². The molecule has 4 rings (SSSR count). The maximum Gasteiger partial charge on any atom is 0.323 e. The average molecular weight is 392 g/mol. The third-order valence-electron chi connectivity index (χ3n) is 5.41. The van der Waals surface area contributed by atoms with Gasteiger partial charge in [-0.25, -0.2) is 4.79 Å². The van der Waals surface area contributed by atoms with Crippen molar-refractivity contribution in [3.05, 3.63) is 54.7 Å². The number of urea groups is 1. The number of rotatable bonds is 6.